The Kier molecular flexibility index (Phi) is 11.4. The molecule has 1 heterocycles. The number of carbonyl (C=O) groups is 1. The highest BCUT2D eigenvalue weighted by Gasteiger charge is 2.19. The van der Waals surface area contributed by atoms with Gasteiger partial charge in [-0.25, -0.2) is 0 Å². The largest absolute Gasteiger partial charge is 0.395 e. The van der Waals surface area contributed by atoms with Gasteiger partial charge in [0.1, 0.15) is 0 Å². The van der Waals surface area contributed by atoms with E-state index in [-0.39, 0.29) is 18.9 Å². The summed E-state index contributed by atoms with van der Waals surface area (Å²) < 4.78 is 10.6. The molecule has 1 aromatic carbocycles. The predicted octanol–water partition coefficient (Wildman–Crippen LogP) is 0.634. The fourth-order valence-electron chi connectivity index (χ4n) is 3.23. The molecule has 0 bridgehead atoms. The molecular formula is C23H36N8O4. The van der Waals surface area contributed by atoms with E-state index in [0.717, 1.165) is 24.1 Å². The first-order chi connectivity index (χ1) is 17.2. The van der Waals surface area contributed by atoms with Crippen molar-refractivity contribution in [1.82, 2.24) is 20.3 Å². The number of hydrogen-bond donors (Lipinski definition) is 6. The summed E-state index contributed by atoms with van der Waals surface area (Å²) in [5.74, 6) is 1.20. The number of ether oxygens (including phenoxy) is 2. The van der Waals surface area contributed by atoms with Crippen LogP contribution in [0, 0.1) is 0 Å². The maximum atomic E-state index is 12.2. The van der Waals surface area contributed by atoms with E-state index in [4.69, 9.17) is 20.3 Å². The zero-order valence-electron chi connectivity index (χ0n) is 20.0. The Morgan fingerprint density at radius 2 is 1.69 bits per heavy atom. The van der Waals surface area contributed by atoms with Crippen LogP contribution in [0.25, 0.3) is 0 Å². The number of aliphatic hydroxyl groups is 1. The van der Waals surface area contributed by atoms with Crippen molar-refractivity contribution in [2.24, 2.45) is 5.73 Å². The molecule has 0 unspecified atom stereocenters. The Bertz CT molecular complexity index is 896. The van der Waals surface area contributed by atoms with Gasteiger partial charge in [-0.3, -0.25) is 4.79 Å². The monoisotopic (exact) mass is 488 g/mol. The number of rotatable bonds is 17. The summed E-state index contributed by atoms with van der Waals surface area (Å²) in [6.07, 6.45) is 3.67. The van der Waals surface area contributed by atoms with Crippen LogP contribution in [0.5, 0.6) is 0 Å². The van der Waals surface area contributed by atoms with Crippen molar-refractivity contribution >= 4 is 29.4 Å². The van der Waals surface area contributed by atoms with Gasteiger partial charge in [0, 0.05) is 31.4 Å². The van der Waals surface area contributed by atoms with Crippen molar-refractivity contribution in [3.8, 4) is 0 Å². The van der Waals surface area contributed by atoms with E-state index in [1.807, 2.05) is 24.3 Å². The van der Waals surface area contributed by atoms with E-state index in [0.29, 0.717) is 69.9 Å². The molecule has 0 radical (unpaired) electrons. The van der Waals surface area contributed by atoms with Crippen LogP contribution in [0.15, 0.2) is 24.3 Å². The lowest BCUT2D eigenvalue weighted by Gasteiger charge is -2.26. The van der Waals surface area contributed by atoms with E-state index < -0.39 is 0 Å². The molecule has 12 nitrogen and oxygen atoms in total. The maximum absolute atomic E-state index is 12.2. The minimum Gasteiger partial charge on any atom is -0.395 e. The van der Waals surface area contributed by atoms with Crippen LogP contribution in [0.3, 0.4) is 0 Å². The number of nitrogens with one attached hydrogen (secondary N) is 4. The van der Waals surface area contributed by atoms with Crippen molar-refractivity contribution < 1.29 is 19.4 Å². The van der Waals surface area contributed by atoms with Gasteiger partial charge >= 0.3 is 0 Å². The van der Waals surface area contributed by atoms with E-state index >= 15 is 0 Å². The summed E-state index contributed by atoms with van der Waals surface area (Å²) in [6.45, 7) is 3.18. The molecule has 0 saturated heterocycles. The van der Waals surface area contributed by atoms with Gasteiger partial charge in [-0.05, 0) is 37.0 Å². The minimum atomic E-state index is -0.0718. The molecular weight excluding hydrogens is 452 g/mol. The summed E-state index contributed by atoms with van der Waals surface area (Å²) >= 11 is 0. The maximum Gasteiger partial charge on any atom is 0.233 e. The first-order valence-corrected chi connectivity index (χ1v) is 12.0. The highest BCUT2D eigenvalue weighted by Crippen LogP contribution is 2.23. The summed E-state index contributed by atoms with van der Waals surface area (Å²) in [5, 5.41) is 21.4. The smallest absolute Gasteiger partial charge is 0.233 e. The van der Waals surface area contributed by atoms with E-state index in [1.165, 1.54) is 6.42 Å². The van der Waals surface area contributed by atoms with Gasteiger partial charge in [0.15, 0.2) is 0 Å². The van der Waals surface area contributed by atoms with E-state index in [9.17, 15) is 4.79 Å². The molecule has 12 heteroatoms. The molecule has 35 heavy (non-hydrogen) atoms. The lowest BCUT2D eigenvalue weighted by Crippen LogP contribution is -2.29. The Labute approximate surface area is 205 Å². The summed E-state index contributed by atoms with van der Waals surface area (Å²) in [7, 11) is 0. The van der Waals surface area contributed by atoms with Crippen LogP contribution in [-0.4, -0.2) is 84.7 Å². The molecule has 0 atom stereocenters. The SMILES string of the molecule is NCCOCCOCCNC(=O)Cc1ccc(Nc2nc(NCCO)nc(NC3CCC3)n2)cc1. The quantitative estimate of drug-likeness (QED) is 0.173. The molecule has 0 spiro atoms. The molecule has 1 aromatic heterocycles. The Hall–Kier alpha value is -3.06. The first-order valence-electron chi connectivity index (χ1n) is 12.0. The lowest BCUT2D eigenvalue weighted by molar-refractivity contribution is -0.120. The van der Waals surface area contributed by atoms with Crippen LogP contribution in [-0.2, 0) is 20.7 Å². The Morgan fingerprint density at radius 1 is 0.971 bits per heavy atom. The first kappa shape index (κ1) is 26.5. The molecule has 1 saturated carbocycles. The highest BCUT2D eigenvalue weighted by molar-refractivity contribution is 5.78. The number of hydrogen-bond acceptors (Lipinski definition) is 11. The Balaban J connectivity index is 1.45. The van der Waals surface area contributed by atoms with Gasteiger partial charge in [0.25, 0.3) is 0 Å². The van der Waals surface area contributed by atoms with Gasteiger partial charge in [0.05, 0.1) is 39.5 Å². The number of nitrogens with zero attached hydrogens (tertiary/aromatic N) is 3. The standard InChI is InChI=1S/C23H36N8O4/c24-8-12-34-14-15-35-13-10-25-20(33)16-17-4-6-19(7-5-17)28-23-30-21(26-9-11-32)29-22(31-23)27-18-2-1-3-18/h4-7,18,32H,1-3,8-16,24H2,(H,25,33)(H3,26,27,28,29,30,31). The highest BCUT2D eigenvalue weighted by atomic mass is 16.5. The molecule has 7 N–H and O–H groups in total. The van der Waals surface area contributed by atoms with Crippen LogP contribution in [0.1, 0.15) is 24.8 Å². The number of amides is 1. The number of aliphatic hydroxyl groups excluding tert-OH is 1. The third kappa shape index (κ3) is 9.99. The van der Waals surface area contributed by atoms with Gasteiger partial charge < -0.3 is 41.6 Å². The fourth-order valence-corrected chi connectivity index (χ4v) is 3.23. The molecule has 1 aliphatic carbocycles. The zero-order chi connectivity index (χ0) is 24.7. The molecule has 0 aliphatic heterocycles. The second-order valence-corrected chi connectivity index (χ2v) is 8.09. The van der Waals surface area contributed by atoms with Crippen LogP contribution >= 0.6 is 0 Å². The molecule has 192 valence electrons. The third-order valence-corrected chi connectivity index (χ3v) is 5.25. The second kappa shape index (κ2) is 15.0. The third-order valence-electron chi connectivity index (χ3n) is 5.25. The molecule has 1 amide bonds. The number of carbonyl (C=O) groups excluding carboxylic acids is 1. The van der Waals surface area contributed by atoms with Crippen LogP contribution in [0.2, 0.25) is 0 Å². The summed E-state index contributed by atoms with van der Waals surface area (Å²) in [4.78, 5) is 25.4. The van der Waals surface area contributed by atoms with Crippen molar-refractivity contribution in [1.29, 1.82) is 0 Å². The fraction of sp³-hybridized carbons (Fsp3) is 0.565. The van der Waals surface area contributed by atoms with Gasteiger partial charge in [-0.15, -0.1) is 0 Å². The van der Waals surface area contributed by atoms with Crippen molar-refractivity contribution in [3.63, 3.8) is 0 Å². The molecule has 3 rings (SSSR count). The van der Waals surface area contributed by atoms with E-state index in [2.05, 4.69) is 36.2 Å². The predicted molar refractivity (Wildman–Crippen MR) is 134 cm³/mol. The van der Waals surface area contributed by atoms with Crippen LogP contribution < -0.4 is 27.0 Å². The lowest BCUT2D eigenvalue weighted by atomic mass is 9.93. The number of nitrogens with two attached hydrogens (primary N) is 1. The van der Waals surface area contributed by atoms with Crippen molar-refractivity contribution in [3.05, 3.63) is 29.8 Å². The number of anilines is 4. The minimum absolute atomic E-state index is 0.0217. The molecule has 2 aromatic rings. The molecule has 1 fully saturated rings. The van der Waals surface area contributed by atoms with E-state index in [1.54, 1.807) is 0 Å². The zero-order valence-corrected chi connectivity index (χ0v) is 20.0. The van der Waals surface area contributed by atoms with Crippen LogP contribution in [0.4, 0.5) is 23.5 Å². The average molecular weight is 489 g/mol. The summed E-state index contributed by atoms with van der Waals surface area (Å²) in [5.41, 5.74) is 7.01. The second-order valence-electron chi connectivity index (χ2n) is 8.09. The van der Waals surface area contributed by atoms with Crippen molar-refractivity contribution in [2.75, 3.05) is 68.6 Å². The topological polar surface area (TPSA) is 169 Å². The average Bonchev–Trinajstić information content (AvgIpc) is 2.83. The Morgan fingerprint density at radius 3 is 2.37 bits per heavy atom. The van der Waals surface area contributed by atoms with Crippen molar-refractivity contribution in [2.45, 2.75) is 31.7 Å². The number of aromatic nitrogens is 3. The normalized spacial score (nSPS) is 13.2. The van der Waals surface area contributed by atoms with Gasteiger partial charge in [-0.2, -0.15) is 15.0 Å². The van der Waals surface area contributed by atoms with Gasteiger partial charge in [-0.1, -0.05) is 12.1 Å². The van der Waals surface area contributed by atoms with Gasteiger partial charge in [0.2, 0.25) is 23.8 Å². The number of benzene rings is 1. The summed E-state index contributed by atoms with van der Waals surface area (Å²) in [6, 6.07) is 7.89. The molecule has 1 aliphatic rings.